The monoisotopic (exact) mass is 192 g/mol. The highest BCUT2D eigenvalue weighted by atomic mass is 16.5. The number of nitrogens with one attached hydrogen (secondary N) is 1. The minimum absolute atomic E-state index is 0.145. The number of nitrogens with zero attached hydrogens (tertiary/aromatic N) is 1. The second-order valence-corrected chi connectivity index (χ2v) is 2.74. The van der Waals surface area contributed by atoms with Crippen LogP contribution in [0.2, 0.25) is 0 Å². The van der Waals surface area contributed by atoms with Gasteiger partial charge in [0.25, 0.3) is 5.56 Å². The maximum absolute atomic E-state index is 11.4. The number of phenolic OH excluding ortho intramolecular Hbond substituents is 1. The Labute approximate surface area is 79.0 Å². The van der Waals surface area contributed by atoms with Gasteiger partial charge in [0.05, 0.1) is 19.0 Å². The Morgan fingerprint density at radius 1 is 1.50 bits per heavy atom. The number of rotatable bonds is 1. The van der Waals surface area contributed by atoms with Gasteiger partial charge in [-0.1, -0.05) is 0 Å². The van der Waals surface area contributed by atoms with Crippen LogP contribution in [0.4, 0.5) is 0 Å². The Bertz CT molecular complexity index is 533. The van der Waals surface area contributed by atoms with Crippen LogP contribution in [0.15, 0.2) is 23.3 Å². The van der Waals surface area contributed by atoms with Crippen LogP contribution in [0.5, 0.6) is 11.5 Å². The number of benzene rings is 1. The fourth-order valence-electron chi connectivity index (χ4n) is 1.29. The molecule has 0 amide bonds. The number of aromatic nitrogens is 2. The van der Waals surface area contributed by atoms with Gasteiger partial charge in [0.2, 0.25) is 0 Å². The molecule has 5 heteroatoms. The van der Waals surface area contributed by atoms with Crippen LogP contribution in [0.3, 0.4) is 0 Å². The number of aromatic hydroxyl groups is 1. The van der Waals surface area contributed by atoms with Crippen LogP contribution in [0, 0.1) is 0 Å². The smallest absolute Gasteiger partial charge is 0.262 e. The van der Waals surface area contributed by atoms with Crippen LogP contribution < -0.4 is 10.3 Å². The number of H-pyrrole nitrogens is 1. The zero-order valence-electron chi connectivity index (χ0n) is 7.44. The summed E-state index contributed by atoms with van der Waals surface area (Å²) >= 11 is 0. The normalized spacial score (nSPS) is 10.4. The number of hydrogen-bond donors (Lipinski definition) is 2. The first-order valence-electron chi connectivity index (χ1n) is 3.97. The molecule has 0 saturated carbocycles. The van der Waals surface area contributed by atoms with E-state index in [4.69, 9.17) is 4.74 Å². The summed E-state index contributed by atoms with van der Waals surface area (Å²) in [5.41, 5.74) is 0.0541. The third kappa shape index (κ3) is 1.10. The molecule has 72 valence electrons. The standard InChI is InChI=1S/C9H8N2O3/c1-14-6-3-2-5-7(8(6)12)9(13)11-4-10-5/h2-4,12H,1H3,(H,10,11,13). The maximum atomic E-state index is 11.4. The second-order valence-electron chi connectivity index (χ2n) is 2.74. The molecular formula is C9H8N2O3. The van der Waals surface area contributed by atoms with E-state index in [9.17, 15) is 9.90 Å². The molecule has 0 atom stereocenters. The van der Waals surface area contributed by atoms with E-state index in [0.717, 1.165) is 0 Å². The number of ether oxygens (including phenoxy) is 1. The summed E-state index contributed by atoms with van der Waals surface area (Å²) in [5, 5.41) is 9.79. The van der Waals surface area contributed by atoms with E-state index in [2.05, 4.69) is 9.97 Å². The highest BCUT2D eigenvalue weighted by Crippen LogP contribution is 2.30. The van der Waals surface area contributed by atoms with Crippen molar-refractivity contribution in [3.63, 3.8) is 0 Å². The van der Waals surface area contributed by atoms with E-state index >= 15 is 0 Å². The van der Waals surface area contributed by atoms with Crippen LogP contribution in [-0.4, -0.2) is 22.2 Å². The van der Waals surface area contributed by atoms with E-state index in [1.807, 2.05) is 0 Å². The molecule has 2 N–H and O–H groups in total. The molecule has 2 rings (SSSR count). The average molecular weight is 192 g/mol. The molecule has 0 spiro atoms. The fourth-order valence-corrected chi connectivity index (χ4v) is 1.29. The van der Waals surface area contributed by atoms with Crippen molar-refractivity contribution in [2.75, 3.05) is 7.11 Å². The van der Waals surface area contributed by atoms with Gasteiger partial charge in [0, 0.05) is 0 Å². The first-order chi connectivity index (χ1) is 6.74. The van der Waals surface area contributed by atoms with E-state index in [1.54, 1.807) is 12.1 Å². The number of methoxy groups -OCH3 is 1. The van der Waals surface area contributed by atoms with Crippen molar-refractivity contribution in [3.8, 4) is 11.5 Å². The first kappa shape index (κ1) is 8.55. The molecule has 14 heavy (non-hydrogen) atoms. The quantitative estimate of drug-likeness (QED) is 0.695. The minimum Gasteiger partial charge on any atom is -0.504 e. The Balaban J connectivity index is 2.94. The molecular weight excluding hydrogens is 184 g/mol. The van der Waals surface area contributed by atoms with Gasteiger partial charge in [-0.25, -0.2) is 4.98 Å². The predicted molar refractivity (Wildman–Crippen MR) is 50.6 cm³/mol. The molecule has 0 saturated heterocycles. The fraction of sp³-hybridized carbons (Fsp3) is 0.111. The number of aromatic amines is 1. The summed E-state index contributed by atoms with van der Waals surface area (Å²) in [5.74, 6) is 0.0790. The average Bonchev–Trinajstić information content (AvgIpc) is 2.18. The lowest BCUT2D eigenvalue weighted by molar-refractivity contribution is 0.376. The molecule has 1 aromatic carbocycles. The van der Waals surface area contributed by atoms with E-state index < -0.39 is 0 Å². The van der Waals surface area contributed by atoms with Gasteiger partial charge in [-0.15, -0.1) is 0 Å². The molecule has 0 unspecified atom stereocenters. The minimum atomic E-state index is -0.383. The lowest BCUT2D eigenvalue weighted by atomic mass is 10.2. The van der Waals surface area contributed by atoms with Crippen molar-refractivity contribution in [1.82, 2.24) is 9.97 Å². The van der Waals surface area contributed by atoms with Gasteiger partial charge in [0.15, 0.2) is 11.5 Å². The molecule has 0 aliphatic heterocycles. The summed E-state index contributed by atoms with van der Waals surface area (Å²) < 4.78 is 4.88. The molecule has 0 aliphatic rings. The lowest BCUT2D eigenvalue weighted by Crippen LogP contribution is -2.06. The summed E-state index contributed by atoms with van der Waals surface area (Å²) in [4.78, 5) is 17.6. The van der Waals surface area contributed by atoms with Crippen molar-refractivity contribution in [2.24, 2.45) is 0 Å². The summed E-state index contributed by atoms with van der Waals surface area (Å²) in [7, 11) is 1.42. The van der Waals surface area contributed by atoms with Crippen LogP contribution in [0.25, 0.3) is 10.9 Å². The number of phenols is 1. The van der Waals surface area contributed by atoms with Crippen molar-refractivity contribution in [1.29, 1.82) is 0 Å². The first-order valence-corrected chi connectivity index (χ1v) is 3.97. The summed E-state index contributed by atoms with van der Waals surface area (Å²) in [6.07, 6.45) is 1.29. The largest absolute Gasteiger partial charge is 0.504 e. The number of hydrogen-bond acceptors (Lipinski definition) is 4. The van der Waals surface area contributed by atoms with Crippen molar-refractivity contribution < 1.29 is 9.84 Å². The summed E-state index contributed by atoms with van der Waals surface area (Å²) in [6.45, 7) is 0. The zero-order chi connectivity index (χ0) is 10.1. The Morgan fingerprint density at radius 3 is 3.00 bits per heavy atom. The molecule has 5 nitrogen and oxygen atoms in total. The maximum Gasteiger partial charge on any atom is 0.262 e. The van der Waals surface area contributed by atoms with Crippen LogP contribution in [-0.2, 0) is 0 Å². The topological polar surface area (TPSA) is 75.2 Å². The Morgan fingerprint density at radius 2 is 2.29 bits per heavy atom. The second kappa shape index (κ2) is 3.02. The number of fused-ring (bicyclic) bond motifs is 1. The third-order valence-corrected chi connectivity index (χ3v) is 1.97. The summed E-state index contributed by atoms with van der Waals surface area (Å²) in [6, 6.07) is 3.17. The van der Waals surface area contributed by atoms with E-state index in [0.29, 0.717) is 5.52 Å². The van der Waals surface area contributed by atoms with Gasteiger partial charge in [-0.05, 0) is 12.1 Å². The molecule has 0 bridgehead atoms. The van der Waals surface area contributed by atoms with Gasteiger partial charge in [-0.3, -0.25) is 4.79 Å². The third-order valence-electron chi connectivity index (χ3n) is 1.97. The molecule has 1 aromatic heterocycles. The highest BCUT2D eigenvalue weighted by molar-refractivity contribution is 5.86. The Hall–Kier alpha value is -2.04. The Kier molecular flexibility index (Phi) is 1.85. The molecule has 0 aliphatic carbocycles. The zero-order valence-corrected chi connectivity index (χ0v) is 7.44. The molecule has 0 radical (unpaired) electrons. The van der Waals surface area contributed by atoms with Gasteiger partial charge in [0.1, 0.15) is 5.39 Å². The van der Waals surface area contributed by atoms with E-state index in [1.165, 1.54) is 13.4 Å². The van der Waals surface area contributed by atoms with E-state index in [-0.39, 0.29) is 22.4 Å². The SMILES string of the molecule is COc1ccc2nc[nH]c(=O)c2c1O. The van der Waals surface area contributed by atoms with Crippen LogP contribution in [0.1, 0.15) is 0 Å². The molecule has 2 aromatic rings. The highest BCUT2D eigenvalue weighted by Gasteiger charge is 2.09. The lowest BCUT2D eigenvalue weighted by Gasteiger charge is -2.04. The molecule has 1 heterocycles. The molecule has 0 fully saturated rings. The van der Waals surface area contributed by atoms with Crippen molar-refractivity contribution >= 4 is 10.9 Å². The van der Waals surface area contributed by atoms with Gasteiger partial charge >= 0.3 is 0 Å². The predicted octanol–water partition coefficient (Wildman–Crippen LogP) is 0.637. The van der Waals surface area contributed by atoms with Crippen LogP contribution >= 0.6 is 0 Å². The van der Waals surface area contributed by atoms with Gasteiger partial charge in [-0.2, -0.15) is 0 Å². The van der Waals surface area contributed by atoms with Crippen molar-refractivity contribution in [3.05, 3.63) is 28.8 Å². The van der Waals surface area contributed by atoms with Gasteiger partial charge < -0.3 is 14.8 Å². The van der Waals surface area contributed by atoms with Crippen molar-refractivity contribution in [2.45, 2.75) is 0 Å².